The number of nitrogens with zero attached hydrogens (tertiary/aromatic N) is 1. The van der Waals surface area contributed by atoms with Crippen LogP contribution in [-0.2, 0) is 9.59 Å². The average molecular weight is 235 g/mol. The van der Waals surface area contributed by atoms with E-state index >= 15 is 0 Å². The van der Waals surface area contributed by atoms with Crippen molar-refractivity contribution in [3.8, 4) is 5.75 Å². The first-order valence-corrected chi connectivity index (χ1v) is 4.99. The monoisotopic (exact) mass is 235 g/mol. The first-order chi connectivity index (χ1) is 8.13. The SMILES string of the molecule is CCOc1ccc(/C=N\NC(=O)C(N)=O)cc1. The number of carbonyl (C=O) groups excluding carboxylic acids is 2. The highest BCUT2D eigenvalue weighted by molar-refractivity contribution is 6.34. The number of benzene rings is 1. The van der Waals surface area contributed by atoms with Crippen molar-refractivity contribution < 1.29 is 14.3 Å². The number of carbonyl (C=O) groups is 2. The quantitative estimate of drug-likeness (QED) is 0.437. The van der Waals surface area contributed by atoms with Crippen LogP contribution in [0.1, 0.15) is 12.5 Å². The van der Waals surface area contributed by atoms with E-state index in [2.05, 4.69) is 5.10 Å². The van der Waals surface area contributed by atoms with E-state index < -0.39 is 11.8 Å². The Hall–Kier alpha value is -2.37. The van der Waals surface area contributed by atoms with Crippen LogP contribution in [0.25, 0.3) is 0 Å². The summed E-state index contributed by atoms with van der Waals surface area (Å²) < 4.78 is 5.26. The summed E-state index contributed by atoms with van der Waals surface area (Å²) in [5, 5.41) is 3.57. The largest absolute Gasteiger partial charge is 0.494 e. The summed E-state index contributed by atoms with van der Waals surface area (Å²) in [5.74, 6) is -1.27. The molecule has 0 aliphatic rings. The van der Waals surface area contributed by atoms with Gasteiger partial charge in [-0.1, -0.05) is 0 Å². The van der Waals surface area contributed by atoms with Crippen molar-refractivity contribution in [2.24, 2.45) is 10.8 Å². The lowest BCUT2D eigenvalue weighted by Crippen LogP contribution is -2.32. The van der Waals surface area contributed by atoms with Crippen LogP contribution >= 0.6 is 0 Å². The lowest BCUT2D eigenvalue weighted by molar-refractivity contribution is -0.137. The Morgan fingerprint density at radius 1 is 1.41 bits per heavy atom. The second-order valence-electron chi connectivity index (χ2n) is 3.07. The Morgan fingerprint density at radius 3 is 2.59 bits per heavy atom. The fourth-order valence-corrected chi connectivity index (χ4v) is 1.04. The molecule has 1 aromatic rings. The number of hydrazone groups is 1. The van der Waals surface area contributed by atoms with Gasteiger partial charge < -0.3 is 10.5 Å². The van der Waals surface area contributed by atoms with E-state index in [1.165, 1.54) is 6.21 Å². The molecule has 90 valence electrons. The highest BCUT2D eigenvalue weighted by atomic mass is 16.5. The fourth-order valence-electron chi connectivity index (χ4n) is 1.04. The number of hydrogen-bond donors (Lipinski definition) is 2. The van der Waals surface area contributed by atoms with Crippen molar-refractivity contribution >= 4 is 18.0 Å². The molecule has 0 aliphatic heterocycles. The highest BCUT2D eigenvalue weighted by Crippen LogP contribution is 2.10. The summed E-state index contributed by atoms with van der Waals surface area (Å²) in [6.07, 6.45) is 1.40. The van der Waals surface area contributed by atoms with Crippen molar-refractivity contribution in [2.75, 3.05) is 6.61 Å². The van der Waals surface area contributed by atoms with Gasteiger partial charge in [-0.05, 0) is 36.8 Å². The Labute approximate surface area is 98.4 Å². The molecule has 0 bridgehead atoms. The second-order valence-corrected chi connectivity index (χ2v) is 3.07. The molecule has 3 N–H and O–H groups in total. The molecule has 2 amide bonds. The molecule has 6 heteroatoms. The average Bonchev–Trinajstić information content (AvgIpc) is 2.31. The first-order valence-electron chi connectivity index (χ1n) is 4.99. The molecule has 0 radical (unpaired) electrons. The molecule has 0 fully saturated rings. The Balaban J connectivity index is 2.54. The van der Waals surface area contributed by atoms with Crippen molar-refractivity contribution in [3.63, 3.8) is 0 Å². The maximum absolute atomic E-state index is 10.8. The smallest absolute Gasteiger partial charge is 0.329 e. The number of rotatable bonds is 4. The van der Waals surface area contributed by atoms with Crippen LogP contribution in [-0.4, -0.2) is 24.6 Å². The van der Waals surface area contributed by atoms with Crippen LogP contribution < -0.4 is 15.9 Å². The molecule has 1 aromatic carbocycles. The molecular weight excluding hydrogens is 222 g/mol. The molecule has 0 spiro atoms. The maximum Gasteiger partial charge on any atom is 0.329 e. The molecule has 0 aliphatic carbocycles. The molecule has 0 aromatic heterocycles. The van der Waals surface area contributed by atoms with Crippen LogP contribution in [0.2, 0.25) is 0 Å². The predicted molar refractivity (Wildman–Crippen MR) is 62.5 cm³/mol. The Kier molecular flexibility index (Phi) is 4.68. The molecule has 0 saturated heterocycles. The number of hydrogen-bond acceptors (Lipinski definition) is 4. The minimum Gasteiger partial charge on any atom is -0.494 e. The molecule has 17 heavy (non-hydrogen) atoms. The van der Waals surface area contributed by atoms with Gasteiger partial charge in [0.1, 0.15) is 5.75 Å². The number of primary amides is 1. The van der Waals surface area contributed by atoms with Gasteiger partial charge in [-0.25, -0.2) is 5.43 Å². The number of ether oxygens (including phenoxy) is 1. The standard InChI is InChI=1S/C11H13N3O3/c1-2-17-9-5-3-8(4-6-9)7-13-14-11(16)10(12)15/h3-7H,2H2,1H3,(H2,12,15)(H,14,16)/b13-7-. The summed E-state index contributed by atoms with van der Waals surface area (Å²) in [6, 6.07) is 7.09. The molecule has 0 unspecified atom stereocenters. The number of amides is 2. The second kappa shape index (κ2) is 6.26. The minimum atomic E-state index is -1.08. The molecular formula is C11H13N3O3. The van der Waals surface area contributed by atoms with E-state index in [4.69, 9.17) is 10.5 Å². The summed E-state index contributed by atoms with van der Waals surface area (Å²) in [4.78, 5) is 21.1. The molecule has 0 saturated carbocycles. The predicted octanol–water partition coefficient (Wildman–Crippen LogP) is 0.0207. The van der Waals surface area contributed by atoms with Gasteiger partial charge in [-0.15, -0.1) is 0 Å². The maximum atomic E-state index is 10.8. The lowest BCUT2D eigenvalue weighted by atomic mass is 10.2. The van der Waals surface area contributed by atoms with E-state index in [0.29, 0.717) is 6.61 Å². The van der Waals surface area contributed by atoms with E-state index in [1.807, 2.05) is 12.3 Å². The fraction of sp³-hybridized carbons (Fsp3) is 0.182. The van der Waals surface area contributed by atoms with Gasteiger partial charge in [-0.3, -0.25) is 9.59 Å². The van der Waals surface area contributed by atoms with Gasteiger partial charge in [0.2, 0.25) is 0 Å². The van der Waals surface area contributed by atoms with Gasteiger partial charge in [0.25, 0.3) is 0 Å². The third-order valence-corrected chi connectivity index (χ3v) is 1.79. The van der Waals surface area contributed by atoms with Gasteiger partial charge in [0.05, 0.1) is 12.8 Å². The van der Waals surface area contributed by atoms with E-state index in [1.54, 1.807) is 24.3 Å². The molecule has 0 heterocycles. The van der Waals surface area contributed by atoms with Gasteiger partial charge in [0, 0.05) is 0 Å². The van der Waals surface area contributed by atoms with Crippen molar-refractivity contribution in [3.05, 3.63) is 29.8 Å². The summed E-state index contributed by atoms with van der Waals surface area (Å²) in [6.45, 7) is 2.50. The van der Waals surface area contributed by atoms with E-state index in [-0.39, 0.29) is 0 Å². The van der Waals surface area contributed by atoms with Gasteiger partial charge >= 0.3 is 11.8 Å². The molecule has 1 rings (SSSR count). The first kappa shape index (κ1) is 12.7. The van der Waals surface area contributed by atoms with Crippen LogP contribution in [0.4, 0.5) is 0 Å². The summed E-state index contributed by atoms with van der Waals surface area (Å²) in [5.41, 5.74) is 7.48. The van der Waals surface area contributed by atoms with Crippen LogP contribution in [0, 0.1) is 0 Å². The highest BCUT2D eigenvalue weighted by Gasteiger charge is 2.05. The number of nitrogens with one attached hydrogen (secondary N) is 1. The number of nitrogens with two attached hydrogens (primary N) is 1. The molecule has 0 atom stereocenters. The van der Waals surface area contributed by atoms with Crippen LogP contribution in [0.3, 0.4) is 0 Å². The molecule has 6 nitrogen and oxygen atoms in total. The van der Waals surface area contributed by atoms with Crippen molar-refractivity contribution in [2.45, 2.75) is 6.92 Å². The van der Waals surface area contributed by atoms with Gasteiger partial charge in [-0.2, -0.15) is 5.10 Å². The summed E-state index contributed by atoms with van der Waals surface area (Å²) in [7, 11) is 0. The Morgan fingerprint density at radius 2 is 2.06 bits per heavy atom. The van der Waals surface area contributed by atoms with Crippen molar-refractivity contribution in [1.29, 1.82) is 0 Å². The third kappa shape index (κ3) is 4.33. The minimum absolute atomic E-state index is 0.599. The summed E-state index contributed by atoms with van der Waals surface area (Å²) >= 11 is 0. The normalized spacial score (nSPS) is 10.2. The van der Waals surface area contributed by atoms with Gasteiger partial charge in [0.15, 0.2) is 0 Å². The van der Waals surface area contributed by atoms with Crippen LogP contribution in [0.5, 0.6) is 5.75 Å². The van der Waals surface area contributed by atoms with Crippen LogP contribution in [0.15, 0.2) is 29.4 Å². The zero-order valence-corrected chi connectivity index (χ0v) is 9.34. The lowest BCUT2D eigenvalue weighted by Gasteiger charge is -2.01. The zero-order chi connectivity index (χ0) is 12.7. The zero-order valence-electron chi connectivity index (χ0n) is 9.34. The van der Waals surface area contributed by atoms with E-state index in [9.17, 15) is 9.59 Å². The van der Waals surface area contributed by atoms with Crippen molar-refractivity contribution in [1.82, 2.24) is 5.43 Å². The Bertz CT molecular complexity index is 426. The third-order valence-electron chi connectivity index (χ3n) is 1.79. The topological polar surface area (TPSA) is 93.8 Å². The van der Waals surface area contributed by atoms with E-state index in [0.717, 1.165) is 11.3 Å².